The number of halogens is 1. The fourth-order valence-electron chi connectivity index (χ4n) is 4.40. The zero-order valence-electron chi connectivity index (χ0n) is 20.1. The van der Waals surface area contributed by atoms with Gasteiger partial charge in [-0.05, 0) is 61.0 Å². The maximum Gasteiger partial charge on any atom is 0.272 e. The van der Waals surface area contributed by atoms with Crippen LogP contribution in [0.25, 0.3) is 21.8 Å². The van der Waals surface area contributed by atoms with Crippen LogP contribution in [0.3, 0.4) is 0 Å². The standard InChI is InChI=1S/C29H22FN3O4S/c30-19-11-13-22(14-12-19)38-23-17-20(16-21(18-23)33(36)37)31-28(34)10-5-15-32-26-8-3-1-6-24(26)29(35)25-7-2-4-9-27(25)32/h1-4,6-9,11-14,16-18H,5,10,15H2,(H,31,34). The van der Waals surface area contributed by atoms with E-state index in [0.717, 1.165) is 11.0 Å². The van der Waals surface area contributed by atoms with Crippen LogP contribution in [0.2, 0.25) is 0 Å². The summed E-state index contributed by atoms with van der Waals surface area (Å²) >= 11 is 1.24. The van der Waals surface area contributed by atoms with Gasteiger partial charge in [0.25, 0.3) is 5.69 Å². The van der Waals surface area contributed by atoms with Crippen LogP contribution in [-0.2, 0) is 11.3 Å². The minimum absolute atomic E-state index is 0.0230. The number of para-hydroxylation sites is 2. The molecule has 0 saturated heterocycles. The van der Waals surface area contributed by atoms with Crippen LogP contribution in [0.15, 0.2) is 106 Å². The van der Waals surface area contributed by atoms with Gasteiger partial charge in [-0.1, -0.05) is 36.0 Å². The summed E-state index contributed by atoms with van der Waals surface area (Å²) in [6, 6.07) is 25.0. The van der Waals surface area contributed by atoms with Gasteiger partial charge in [-0.25, -0.2) is 4.39 Å². The van der Waals surface area contributed by atoms with Crippen molar-refractivity contribution in [2.24, 2.45) is 0 Å². The Bertz CT molecular complexity index is 1670. The summed E-state index contributed by atoms with van der Waals surface area (Å²) in [4.78, 5) is 37.9. The molecule has 0 spiro atoms. The summed E-state index contributed by atoms with van der Waals surface area (Å²) in [5, 5.41) is 15.5. The maximum absolute atomic E-state index is 13.2. The van der Waals surface area contributed by atoms with E-state index in [1.165, 1.54) is 36.0 Å². The van der Waals surface area contributed by atoms with Crippen molar-refractivity contribution >= 4 is 50.8 Å². The topological polar surface area (TPSA) is 94.2 Å². The molecule has 4 aromatic carbocycles. The Morgan fingerprint density at radius 3 is 2.16 bits per heavy atom. The number of non-ortho nitro benzene ring substituents is 1. The van der Waals surface area contributed by atoms with Crippen molar-refractivity contribution in [2.45, 2.75) is 29.2 Å². The largest absolute Gasteiger partial charge is 0.340 e. The van der Waals surface area contributed by atoms with E-state index in [2.05, 4.69) is 5.32 Å². The predicted molar refractivity (Wildman–Crippen MR) is 147 cm³/mol. The second-order valence-corrected chi connectivity index (χ2v) is 9.84. The van der Waals surface area contributed by atoms with Crippen LogP contribution >= 0.6 is 11.8 Å². The number of pyridine rings is 1. The number of hydrogen-bond acceptors (Lipinski definition) is 5. The number of carbonyl (C=O) groups is 1. The molecule has 0 radical (unpaired) electrons. The number of rotatable bonds is 8. The molecule has 0 saturated carbocycles. The first-order valence-corrected chi connectivity index (χ1v) is 12.7. The number of benzene rings is 4. The lowest BCUT2D eigenvalue weighted by Gasteiger charge is -2.15. The van der Waals surface area contributed by atoms with E-state index < -0.39 is 4.92 Å². The van der Waals surface area contributed by atoms with Crippen LogP contribution < -0.4 is 10.7 Å². The fourth-order valence-corrected chi connectivity index (χ4v) is 5.31. The fraction of sp³-hybridized carbons (Fsp3) is 0.103. The van der Waals surface area contributed by atoms with Gasteiger partial charge in [-0.3, -0.25) is 19.7 Å². The summed E-state index contributed by atoms with van der Waals surface area (Å²) < 4.78 is 15.3. The zero-order chi connectivity index (χ0) is 26.6. The highest BCUT2D eigenvalue weighted by atomic mass is 32.2. The second kappa shape index (κ2) is 10.9. The maximum atomic E-state index is 13.2. The van der Waals surface area contributed by atoms with Crippen LogP contribution in [0, 0.1) is 15.9 Å². The Balaban J connectivity index is 1.32. The lowest BCUT2D eigenvalue weighted by atomic mass is 10.1. The normalized spacial score (nSPS) is 11.1. The van der Waals surface area contributed by atoms with Crippen molar-refractivity contribution < 1.29 is 14.1 Å². The molecule has 0 aliphatic rings. The number of nitro groups is 1. The number of fused-ring (bicyclic) bond motifs is 2. The molecule has 0 atom stereocenters. The number of nitrogens with zero attached hydrogens (tertiary/aromatic N) is 2. The quantitative estimate of drug-likeness (QED) is 0.136. The Hall–Kier alpha value is -4.50. The molecule has 0 aliphatic carbocycles. The summed E-state index contributed by atoms with van der Waals surface area (Å²) in [6.07, 6.45) is 0.673. The molecule has 0 fully saturated rings. The SMILES string of the molecule is O=C(CCCn1c2ccccc2c(=O)c2ccccc21)Nc1cc(Sc2ccc(F)cc2)cc([N+](=O)[O-])c1. The van der Waals surface area contributed by atoms with Gasteiger partial charge in [0.05, 0.1) is 16.0 Å². The molecule has 9 heteroatoms. The first kappa shape index (κ1) is 25.2. The zero-order valence-corrected chi connectivity index (χ0v) is 20.9. The number of nitro benzene ring substituents is 1. The number of aromatic nitrogens is 1. The third kappa shape index (κ3) is 5.42. The third-order valence-corrected chi connectivity index (χ3v) is 7.08. The van der Waals surface area contributed by atoms with Crippen molar-refractivity contribution in [1.29, 1.82) is 0 Å². The van der Waals surface area contributed by atoms with Crippen LogP contribution in [0.4, 0.5) is 15.8 Å². The predicted octanol–water partition coefficient (Wildman–Crippen LogP) is 6.77. The average molecular weight is 528 g/mol. The molecule has 38 heavy (non-hydrogen) atoms. The minimum atomic E-state index is -0.517. The van der Waals surface area contributed by atoms with Crippen molar-refractivity contribution in [1.82, 2.24) is 4.57 Å². The monoisotopic (exact) mass is 527 g/mol. The van der Waals surface area contributed by atoms with Gasteiger partial charge in [0, 0.05) is 51.3 Å². The van der Waals surface area contributed by atoms with Crippen LogP contribution in [0.1, 0.15) is 12.8 Å². The molecule has 5 rings (SSSR count). The van der Waals surface area contributed by atoms with Gasteiger partial charge in [0.1, 0.15) is 5.82 Å². The van der Waals surface area contributed by atoms with E-state index in [4.69, 9.17) is 0 Å². The number of nitrogens with one attached hydrogen (secondary N) is 1. The molecule has 1 aromatic heterocycles. The highest BCUT2D eigenvalue weighted by Crippen LogP contribution is 2.33. The molecule has 0 aliphatic heterocycles. The lowest BCUT2D eigenvalue weighted by molar-refractivity contribution is -0.385. The van der Waals surface area contributed by atoms with E-state index in [9.17, 15) is 24.1 Å². The van der Waals surface area contributed by atoms with Gasteiger partial charge in [-0.2, -0.15) is 0 Å². The van der Waals surface area contributed by atoms with Crippen molar-refractivity contribution in [3.63, 3.8) is 0 Å². The number of carbonyl (C=O) groups excluding carboxylic acids is 1. The summed E-state index contributed by atoms with van der Waals surface area (Å²) in [7, 11) is 0. The van der Waals surface area contributed by atoms with Crippen molar-refractivity contribution in [3.8, 4) is 0 Å². The molecule has 1 heterocycles. The van der Waals surface area contributed by atoms with E-state index in [0.29, 0.717) is 39.2 Å². The van der Waals surface area contributed by atoms with Gasteiger partial charge >= 0.3 is 0 Å². The number of anilines is 1. The van der Waals surface area contributed by atoms with Crippen molar-refractivity contribution in [3.05, 3.63) is 117 Å². The van der Waals surface area contributed by atoms with Gasteiger partial charge in [0.15, 0.2) is 5.43 Å². The highest BCUT2D eigenvalue weighted by molar-refractivity contribution is 7.99. The molecule has 7 nitrogen and oxygen atoms in total. The van der Waals surface area contributed by atoms with E-state index >= 15 is 0 Å². The average Bonchev–Trinajstić information content (AvgIpc) is 2.92. The molecule has 190 valence electrons. The molecule has 0 bridgehead atoms. The molecular formula is C29H22FN3O4S. The third-order valence-electron chi connectivity index (χ3n) is 6.10. The van der Waals surface area contributed by atoms with Gasteiger partial charge in [0.2, 0.25) is 5.91 Å². The molecule has 1 N–H and O–H groups in total. The lowest BCUT2D eigenvalue weighted by Crippen LogP contribution is -2.15. The minimum Gasteiger partial charge on any atom is -0.340 e. The molecule has 1 amide bonds. The number of amides is 1. The summed E-state index contributed by atoms with van der Waals surface area (Å²) in [5.74, 6) is -0.651. The van der Waals surface area contributed by atoms with E-state index in [-0.39, 0.29) is 29.3 Å². The first-order valence-electron chi connectivity index (χ1n) is 11.9. The Morgan fingerprint density at radius 1 is 0.895 bits per heavy atom. The molecule has 5 aromatic rings. The Labute approximate surface area is 221 Å². The first-order chi connectivity index (χ1) is 18.4. The van der Waals surface area contributed by atoms with E-state index in [1.807, 2.05) is 41.0 Å². The van der Waals surface area contributed by atoms with Gasteiger partial charge < -0.3 is 9.88 Å². The Morgan fingerprint density at radius 2 is 1.53 bits per heavy atom. The summed E-state index contributed by atoms with van der Waals surface area (Å²) in [5.41, 5.74) is 1.74. The molecular weight excluding hydrogens is 505 g/mol. The number of aryl methyl sites for hydroxylation is 1. The number of hydrogen-bond donors (Lipinski definition) is 1. The molecule has 0 unspecified atom stereocenters. The second-order valence-electron chi connectivity index (χ2n) is 8.70. The van der Waals surface area contributed by atoms with Crippen LogP contribution in [-0.4, -0.2) is 15.4 Å². The van der Waals surface area contributed by atoms with E-state index in [1.54, 1.807) is 30.3 Å². The van der Waals surface area contributed by atoms with Crippen molar-refractivity contribution in [2.75, 3.05) is 5.32 Å². The van der Waals surface area contributed by atoms with Crippen LogP contribution in [0.5, 0.6) is 0 Å². The van der Waals surface area contributed by atoms with Gasteiger partial charge in [-0.15, -0.1) is 0 Å². The summed E-state index contributed by atoms with van der Waals surface area (Å²) in [6.45, 7) is 0.509. The smallest absolute Gasteiger partial charge is 0.272 e. The highest BCUT2D eigenvalue weighted by Gasteiger charge is 2.14. The Kier molecular flexibility index (Phi) is 7.19.